The van der Waals surface area contributed by atoms with E-state index in [4.69, 9.17) is 0 Å². The van der Waals surface area contributed by atoms with Crippen LogP contribution in [0.1, 0.15) is 0 Å². The van der Waals surface area contributed by atoms with Gasteiger partial charge in [0.2, 0.25) is 0 Å². The number of thiocarbonyl (C=S) groups is 2. The van der Waals surface area contributed by atoms with Crippen LogP contribution in [0.5, 0.6) is 0 Å². The van der Waals surface area contributed by atoms with E-state index in [1.165, 1.54) is 12.4 Å². The van der Waals surface area contributed by atoms with E-state index in [2.05, 4.69) is 73.5 Å². The Morgan fingerprint density at radius 2 is 1.23 bits per heavy atom. The van der Waals surface area contributed by atoms with Crippen molar-refractivity contribution in [3.05, 3.63) is 25.6 Å². The average Bonchev–Trinajstić information content (AvgIpc) is 1.87. The normalized spacial score (nSPS) is 6.15. The van der Waals surface area contributed by atoms with Gasteiger partial charge in [-0.2, -0.15) is 0 Å². The van der Waals surface area contributed by atoms with E-state index in [0.29, 0.717) is 8.64 Å². The molecule has 0 unspecified atom stereocenters. The minimum Gasteiger partial charge on any atom is -0.411 e. The molecule has 0 heterocycles. The largest absolute Gasteiger partial charge is 2.00 e. The molecule has 0 amide bonds. The third-order valence-corrected chi connectivity index (χ3v) is 0.911. The van der Waals surface area contributed by atoms with Crippen LogP contribution in [0.15, 0.2) is 25.6 Å². The first-order chi connectivity index (χ1) is 5.54. The van der Waals surface area contributed by atoms with Gasteiger partial charge < -0.3 is 60.3 Å². The first kappa shape index (κ1) is 18.9. The second-order valence-electron chi connectivity index (χ2n) is 1.27. The monoisotopic (exact) mass is 291 g/mol. The van der Waals surface area contributed by atoms with Gasteiger partial charge in [-0.25, -0.2) is 0 Å². The van der Waals surface area contributed by atoms with E-state index >= 15 is 0 Å². The summed E-state index contributed by atoms with van der Waals surface area (Å²) in [5.41, 5.74) is 0. The predicted molar refractivity (Wildman–Crippen MR) is 66.6 cm³/mol. The minimum absolute atomic E-state index is 0. The minimum atomic E-state index is 0. The summed E-state index contributed by atoms with van der Waals surface area (Å²) in [6.07, 6.45) is 2.91. The Balaban J connectivity index is -0.000000143. The Kier molecular flexibility index (Phi) is 21.4. The Hall–Kier alpha value is 0.219. The summed E-state index contributed by atoms with van der Waals surface area (Å²) in [5.74, 6) is 0. The molecule has 0 aromatic rings. The van der Waals surface area contributed by atoms with Gasteiger partial charge in [0.05, 0.1) is 0 Å². The van der Waals surface area contributed by atoms with Gasteiger partial charge >= 0.3 is 17.1 Å². The van der Waals surface area contributed by atoms with Crippen molar-refractivity contribution in [1.82, 2.24) is 10.6 Å². The first-order valence-corrected chi connectivity index (χ1v) is 4.34. The van der Waals surface area contributed by atoms with Gasteiger partial charge in [-0.1, -0.05) is 21.8 Å². The number of hydrogen-bond acceptors (Lipinski definition) is 4. The molecular weight excluding hydrogens is 283 g/mol. The van der Waals surface area contributed by atoms with Gasteiger partial charge in [0, 0.05) is 0 Å². The molecule has 0 aliphatic rings. The molecule has 0 aliphatic carbocycles. The van der Waals surface area contributed by atoms with Gasteiger partial charge in [0.15, 0.2) is 0 Å². The van der Waals surface area contributed by atoms with Crippen LogP contribution in [0.25, 0.3) is 0 Å². The van der Waals surface area contributed by atoms with Crippen molar-refractivity contribution >= 4 is 58.3 Å². The zero-order valence-corrected chi connectivity index (χ0v) is 11.0. The molecule has 2 nitrogen and oxygen atoms in total. The van der Waals surface area contributed by atoms with E-state index in [0.717, 1.165) is 0 Å². The average molecular weight is 291 g/mol. The summed E-state index contributed by atoms with van der Waals surface area (Å²) in [6.45, 7) is 6.67. The van der Waals surface area contributed by atoms with E-state index in [1.54, 1.807) is 0 Å². The van der Waals surface area contributed by atoms with Crippen LogP contribution in [0.2, 0.25) is 0 Å². The standard InChI is InChI=1S/2C3H5NS2.Mn/c2*1-2-4-3(5)6;/h2*2H,1H2,(H2,4,5,6);/q;;+2/p-2. The molecule has 13 heavy (non-hydrogen) atoms. The summed E-state index contributed by atoms with van der Waals surface area (Å²) in [6, 6.07) is 0. The fourth-order valence-electron chi connectivity index (χ4n) is 0.167. The Morgan fingerprint density at radius 1 is 1.00 bits per heavy atom. The zero-order chi connectivity index (χ0) is 9.98. The molecule has 0 saturated heterocycles. The Labute approximate surface area is 111 Å². The van der Waals surface area contributed by atoms with Crippen molar-refractivity contribution in [2.75, 3.05) is 0 Å². The SMILES string of the molecule is C=CNC(=S)[S-].C=CNC(=S)[S-].[Mn+2]. The van der Waals surface area contributed by atoms with Gasteiger partial charge in [-0.15, -0.1) is 0 Å². The topological polar surface area (TPSA) is 24.1 Å². The van der Waals surface area contributed by atoms with Crippen LogP contribution in [0, 0.1) is 0 Å². The van der Waals surface area contributed by atoms with Crippen molar-refractivity contribution in [3.8, 4) is 0 Å². The third kappa shape index (κ3) is 33.0. The van der Waals surface area contributed by atoms with E-state index in [1.807, 2.05) is 0 Å². The van der Waals surface area contributed by atoms with E-state index < -0.39 is 0 Å². The maximum absolute atomic E-state index is 4.43. The molecule has 0 aromatic heterocycles. The molecule has 7 heteroatoms. The van der Waals surface area contributed by atoms with Crippen LogP contribution < -0.4 is 10.6 Å². The fourth-order valence-corrected chi connectivity index (χ4v) is 0.500. The molecule has 0 spiro atoms. The van der Waals surface area contributed by atoms with Gasteiger partial charge in [0.25, 0.3) is 0 Å². The van der Waals surface area contributed by atoms with Crippen LogP contribution in [-0.2, 0) is 42.3 Å². The van der Waals surface area contributed by atoms with E-state index in [-0.39, 0.29) is 17.1 Å². The van der Waals surface area contributed by atoms with Gasteiger partial charge in [0.1, 0.15) is 0 Å². The third-order valence-electron chi connectivity index (χ3n) is 0.440. The molecule has 0 rings (SSSR count). The maximum Gasteiger partial charge on any atom is 2.00 e. The number of nitrogens with one attached hydrogen (secondary N) is 2. The summed E-state index contributed by atoms with van der Waals surface area (Å²) < 4.78 is 0.676. The maximum atomic E-state index is 4.43. The second-order valence-corrected chi connectivity index (χ2v) is 3.42. The van der Waals surface area contributed by atoms with Crippen molar-refractivity contribution in [2.45, 2.75) is 0 Å². The van der Waals surface area contributed by atoms with Crippen molar-refractivity contribution in [3.63, 3.8) is 0 Å². The van der Waals surface area contributed by atoms with Crippen molar-refractivity contribution < 1.29 is 17.1 Å². The molecule has 0 saturated carbocycles. The van der Waals surface area contributed by atoms with E-state index in [9.17, 15) is 0 Å². The first-order valence-electron chi connectivity index (χ1n) is 2.71. The molecular formula is C6H8MnN2S4. The summed E-state index contributed by atoms with van der Waals surface area (Å²) in [7, 11) is 0. The molecule has 0 aromatic carbocycles. The van der Waals surface area contributed by atoms with Gasteiger partial charge in [-0.05, 0) is 12.4 Å². The quantitative estimate of drug-likeness (QED) is 0.449. The molecule has 0 aliphatic heterocycles. The van der Waals surface area contributed by atoms with Crippen LogP contribution in [0.3, 0.4) is 0 Å². The zero-order valence-electron chi connectivity index (χ0n) is 6.58. The van der Waals surface area contributed by atoms with Gasteiger partial charge in [-0.3, -0.25) is 0 Å². The summed E-state index contributed by atoms with van der Waals surface area (Å²) in [4.78, 5) is 0. The summed E-state index contributed by atoms with van der Waals surface area (Å²) >= 11 is 17.7. The number of rotatable bonds is 2. The molecule has 73 valence electrons. The smallest absolute Gasteiger partial charge is 0.411 e. The molecule has 2 N–H and O–H groups in total. The van der Waals surface area contributed by atoms with Crippen LogP contribution in [-0.4, -0.2) is 8.64 Å². The number of hydrogen-bond donors (Lipinski definition) is 2. The summed E-state index contributed by atoms with van der Waals surface area (Å²) in [5, 5.41) is 5.04. The predicted octanol–water partition coefficient (Wildman–Crippen LogP) is 1.10. The fraction of sp³-hybridized carbons (Fsp3) is 0. The second kappa shape index (κ2) is 14.7. The van der Waals surface area contributed by atoms with Crippen molar-refractivity contribution in [2.24, 2.45) is 0 Å². The van der Waals surface area contributed by atoms with Crippen LogP contribution >= 0.6 is 24.4 Å². The molecule has 1 radical (unpaired) electrons. The Bertz CT molecular complexity index is 163. The molecule has 0 fully saturated rings. The molecule has 0 bridgehead atoms. The Morgan fingerprint density at radius 3 is 1.23 bits per heavy atom. The van der Waals surface area contributed by atoms with Crippen LogP contribution in [0.4, 0.5) is 0 Å². The van der Waals surface area contributed by atoms with Crippen molar-refractivity contribution in [1.29, 1.82) is 0 Å². The molecule has 0 atom stereocenters.